The van der Waals surface area contributed by atoms with Crippen LogP contribution in [-0.2, 0) is 4.74 Å². The Balaban J connectivity index is 2.60. The number of hydrogen-bond acceptors (Lipinski definition) is 4. The van der Waals surface area contributed by atoms with Crippen LogP contribution in [0, 0.1) is 5.92 Å². The summed E-state index contributed by atoms with van der Waals surface area (Å²) in [6.45, 7) is 2.74. The zero-order valence-electron chi connectivity index (χ0n) is 10.6. The smallest absolute Gasteiger partial charge is 0.119 e. The van der Waals surface area contributed by atoms with E-state index in [1.54, 1.807) is 14.2 Å². The van der Waals surface area contributed by atoms with Gasteiger partial charge in [-0.2, -0.15) is 0 Å². The second kappa shape index (κ2) is 7.14. The third-order valence-corrected chi connectivity index (χ3v) is 2.76. The van der Waals surface area contributed by atoms with E-state index in [4.69, 9.17) is 9.47 Å². The molecule has 96 valence electrons. The summed E-state index contributed by atoms with van der Waals surface area (Å²) in [6.07, 6.45) is 0. The molecule has 2 atom stereocenters. The number of hydrogen-bond donors (Lipinski definition) is 2. The SMILES string of the molecule is COCC(C)C(CO)Nc1ccc(OC)cc1. The van der Waals surface area contributed by atoms with Crippen molar-refractivity contribution < 1.29 is 14.6 Å². The Bertz CT molecular complexity index is 313. The van der Waals surface area contributed by atoms with Crippen LogP contribution in [-0.4, -0.2) is 38.6 Å². The normalized spacial score (nSPS) is 14.1. The number of aliphatic hydroxyl groups excluding tert-OH is 1. The van der Waals surface area contributed by atoms with Crippen LogP contribution in [0.15, 0.2) is 24.3 Å². The minimum atomic E-state index is -0.0108. The molecule has 0 aliphatic heterocycles. The van der Waals surface area contributed by atoms with Crippen molar-refractivity contribution in [1.82, 2.24) is 0 Å². The van der Waals surface area contributed by atoms with E-state index < -0.39 is 0 Å². The molecular formula is C13H21NO3. The van der Waals surface area contributed by atoms with Crippen LogP contribution in [0.3, 0.4) is 0 Å². The lowest BCUT2D eigenvalue weighted by Gasteiger charge is -2.23. The highest BCUT2D eigenvalue weighted by atomic mass is 16.5. The Kier molecular flexibility index (Phi) is 5.80. The van der Waals surface area contributed by atoms with Crippen molar-refractivity contribution in [2.24, 2.45) is 5.92 Å². The molecule has 0 bridgehead atoms. The van der Waals surface area contributed by atoms with Gasteiger partial charge in [-0.1, -0.05) is 6.92 Å². The fourth-order valence-electron chi connectivity index (χ4n) is 1.65. The van der Waals surface area contributed by atoms with Gasteiger partial charge in [-0.25, -0.2) is 0 Å². The maximum absolute atomic E-state index is 9.34. The van der Waals surface area contributed by atoms with Gasteiger partial charge in [0.2, 0.25) is 0 Å². The zero-order chi connectivity index (χ0) is 12.7. The summed E-state index contributed by atoms with van der Waals surface area (Å²) in [5.74, 6) is 1.06. The number of rotatable bonds is 7. The molecule has 1 rings (SSSR count). The first-order valence-electron chi connectivity index (χ1n) is 5.71. The fraction of sp³-hybridized carbons (Fsp3) is 0.538. The van der Waals surface area contributed by atoms with Crippen molar-refractivity contribution in [2.45, 2.75) is 13.0 Å². The molecule has 2 N–H and O–H groups in total. The van der Waals surface area contributed by atoms with Crippen molar-refractivity contribution in [3.05, 3.63) is 24.3 Å². The number of nitrogens with one attached hydrogen (secondary N) is 1. The minimum absolute atomic E-state index is 0.0108. The quantitative estimate of drug-likeness (QED) is 0.761. The van der Waals surface area contributed by atoms with E-state index in [9.17, 15) is 5.11 Å². The summed E-state index contributed by atoms with van der Waals surface area (Å²) in [5, 5.41) is 12.6. The standard InChI is InChI=1S/C13H21NO3/c1-10(9-16-2)13(8-15)14-11-4-6-12(17-3)7-5-11/h4-7,10,13-15H,8-9H2,1-3H3. The Morgan fingerprint density at radius 3 is 2.35 bits per heavy atom. The number of aliphatic hydroxyl groups is 1. The van der Waals surface area contributed by atoms with Crippen LogP contribution in [0.2, 0.25) is 0 Å². The lowest BCUT2D eigenvalue weighted by molar-refractivity contribution is 0.132. The Hall–Kier alpha value is -1.26. The summed E-state index contributed by atoms with van der Waals surface area (Å²) in [7, 11) is 3.30. The van der Waals surface area contributed by atoms with E-state index in [2.05, 4.69) is 5.32 Å². The second-order valence-electron chi connectivity index (χ2n) is 4.09. The Labute approximate surface area is 103 Å². The van der Waals surface area contributed by atoms with Gasteiger partial charge in [-0.05, 0) is 24.3 Å². The van der Waals surface area contributed by atoms with Gasteiger partial charge in [-0.15, -0.1) is 0 Å². The average Bonchev–Trinajstić information content (AvgIpc) is 2.37. The van der Waals surface area contributed by atoms with Crippen molar-refractivity contribution in [3.63, 3.8) is 0 Å². The van der Waals surface area contributed by atoms with Crippen LogP contribution in [0.25, 0.3) is 0 Å². The molecule has 0 amide bonds. The second-order valence-corrected chi connectivity index (χ2v) is 4.09. The molecule has 2 unspecified atom stereocenters. The third-order valence-electron chi connectivity index (χ3n) is 2.76. The van der Waals surface area contributed by atoms with Gasteiger partial charge in [0.05, 0.1) is 26.4 Å². The van der Waals surface area contributed by atoms with E-state index in [0.29, 0.717) is 6.61 Å². The minimum Gasteiger partial charge on any atom is -0.497 e. The van der Waals surface area contributed by atoms with E-state index in [1.165, 1.54) is 0 Å². The monoisotopic (exact) mass is 239 g/mol. The van der Waals surface area contributed by atoms with Crippen LogP contribution < -0.4 is 10.1 Å². The van der Waals surface area contributed by atoms with Crippen LogP contribution in [0.1, 0.15) is 6.92 Å². The van der Waals surface area contributed by atoms with Gasteiger partial charge < -0.3 is 19.9 Å². The molecule has 0 saturated carbocycles. The molecule has 0 fully saturated rings. The molecule has 0 aliphatic carbocycles. The lowest BCUT2D eigenvalue weighted by Crippen LogP contribution is -2.33. The lowest BCUT2D eigenvalue weighted by atomic mass is 10.0. The van der Waals surface area contributed by atoms with Gasteiger partial charge in [0.25, 0.3) is 0 Å². The van der Waals surface area contributed by atoms with Gasteiger partial charge in [0.1, 0.15) is 5.75 Å². The van der Waals surface area contributed by atoms with Crippen molar-refractivity contribution in [2.75, 3.05) is 32.8 Å². The van der Waals surface area contributed by atoms with E-state index in [0.717, 1.165) is 11.4 Å². The highest BCUT2D eigenvalue weighted by molar-refractivity contribution is 5.47. The summed E-state index contributed by atoms with van der Waals surface area (Å²) < 4.78 is 10.2. The molecule has 4 heteroatoms. The molecule has 0 heterocycles. The molecule has 0 saturated heterocycles. The molecule has 0 spiro atoms. The molecule has 0 radical (unpaired) electrons. The largest absolute Gasteiger partial charge is 0.497 e. The van der Waals surface area contributed by atoms with Crippen molar-refractivity contribution in [1.29, 1.82) is 0 Å². The Morgan fingerprint density at radius 2 is 1.88 bits per heavy atom. The number of methoxy groups -OCH3 is 2. The fourth-order valence-corrected chi connectivity index (χ4v) is 1.65. The molecule has 17 heavy (non-hydrogen) atoms. The van der Waals surface area contributed by atoms with Gasteiger partial charge >= 0.3 is 0 Å². The molecule has 1 aromatic carbocycles. The van der Waals surface area contributed by atoms with E-state index >= 15 is 0 Å². The van der Waals surface area contributed by atoms with E-state index in [-0.39, 0.29) is 18.6 Å². The van der Waals surface area contributed by atoms with Gasteiger partial charge in [0.15, 0.2) is 0 Å². The van der Waals surface area contributed by atoms with Crippen molar-refractivity contribution >= 4 is 5.69 Å². The Morgan fingerprint density at radius 1 is 1.24 bits per heavy atom. The van der Waals surface area contributed by atoms with Gasteiger partial charge in [-0.3, -0.25) is 0 Å². The number of ether oxygens (including phenoxy) is 2. The highest BCUT2D eigenvalue weighted by Gasteiger charge is 2.15. The zero-order valence-corrected chi connectivity index (χ0v) is 10.6. The summed E-state index contributed by atoms with van der Waals surface area (Å²) >= 11 is 0. The predicted octanol–water partition coefficient (Wildman–Crippen LogP) is 1.75. The predicted molar refractivity (Wildman–Crippen MR) is 68.5 cm³/mol. The number of anilines is 1. The van der Waals surface area contributed by atoms with Crippen LogP contribution in [0.4, 0.5) is 5.69 Å². The first kappa shape index (κ1) is 13.8. The third kappa shape index (κ3) is 4.24. The van der Waals surface area contributed by atoms with Crippen LogP contribution >= 0.6 is 0 Å². The summed E-state index contributed by atoms with van der Waals surface area (Å²) in [4.78, 5) is 0. The molecule has 0 aliphatic rings. The number of benzene rings is 1. The molecule has 1 aromatic rings. The first-order valence-corrected chi connectivity index (χ1v) is 5.71. The van der Waals surface area contributed by atoms with Crippen molar-refractivity contribution in [3.8, 4) is 5.75 Å². The highest BCUT2D eigenvalue weighted by Crippen LogP contribution is 2.17. The first-order chi connectivity index (χ1) is 8.21. The summed E-state index contributed by atoms with van der Waals surface area (Å²) in [6, 6.07) is 7.63. The molecular weight excluding hydrogens is 218 g/mol. The topological polar surface area (TPSA) is 50.7 Å². The molecule has 4 nitrogen and oxygen atoms in total. The maximum atomic E-state index is 9.34. The maximum Gasteiger partial charge on any atom is 0.119 e. The molecule has 0 aromatic heterocycles. The van der Waals surface area contributed by atoms with E-state index in [1.807, 2.05) is 31.2 Å². The van der Waals surface area contributed by atoms with Gasteiger partial charge in [0, 0.05) is 18.7 Å². The van der Waals surface area contributed by atoms with Crippen LogP contribution in [0.5, 0.6) is 5.75 Å². The average molecular weight is 239 g/mol. The summed E-state index contributed by atoms with van der Waals surface area (Å²) in [5.41, 5.74) is 0.966.